The van der Waals surface area contributed by atoms with Gasteiger partial charge >= 0.3 is 0 Å². The Bertz CT molecular complexity index is 815. The highest BCUT2D eigenvalue weighted by molar-refractivity contribution is 14.1. The first-order valence-corrected chi connectivity index (χ1v) is 7.72. The van der Waals surface area contributed by atoms with E-state index in [1.165, 1.54) is 6.07 Å². The Morgan fingerprint density at radius 1 is 1.05 bits per heavy atom. The first-order valence-electron chi connectivity index (χ1n) is 6.64. The molecule has 3 aromatic rings. The van der Waals surface area contributed by atoms with Crippen LogP contribution in [0.1, 0.15) is 10.4 Å². The SMILES string of the molecule is O=C(Nc1cc(-n2cccc2)ccc1F)c1ccccc1I. The number of carbonyl (C=O) groups excluding carboxylic acids is 1. The second-order valence-electron chi connectivity index (χ2n) is 4.69. The summed E-state index contributed by atoms with van der Waals surface area (Å²) in [5.41, 5.74) is 1.47. The van der Waals surface area contributed by atoms with Gasteiger partial charge in [0.15, 0.2) is 0 Å². The van der Waals surface area contributed by atoms with Gasteiger partial charge in [-0.15, -0.1) is 0 Å². The first kappa shape index (κ1) is 14.8. The van der Waals surface area contributed by atoms with Crippen LogP contribution in [0.4, 0.5) is 10.1 Å². The fourth-order valence-corrected chi connectivity index (χ4v) is 2.74. The van der Waals surface area contributed by atoms with Crippen LogP contribution >= 0.6 is 22.6 Å². The van der Waals surface area contributed by atoms with Crippen LogP contribution in [0.15, 0.2) is 67.0 Å². The van der Waals surface area contributed by atoms with E-state index in [0.717, 1.165) is 9.26 Å². The molecule has 0 bridgehead atoms. The summed E-state index contributed by atoms with van der Waals surface area (Å²) in [4.78, 5) is 12.3. The Labute approximate surface area is 140 Å². The normalized spacial score (nSPS) is 10.5. The Morgan fingerprint density at radius 2 is 1.77 bits per heavy atom. The average Bonchev–Trinajstić information content (AvgIpc) is 3.04. The Morgan fingerprint density at radius 3 is 2.50 bits per heavy atom. The van der Waals surface area contributed by atoms with E-state index in [2.05, 4.69) is 27.9 Å². The van der Waals surface area contributed by atoms with Gasteiger partial charge in [-0.1, -0.05) is 12.1 Å². The second-order valence-corrected chi connectivity index (χ2v) is 5.85. The lowest BCUT2D eigenvalue weighted by Gasteiger charge is -2.10. The summed E-state index contributed by atoms with van der Waals surface area (Å²) < 4.78 is 16.6. The minimum atomic E-state index is -0.463. The average molecular weight is 406 g/mol. The standard InChI is InChI=1S/C17H12FIN2O/c18-14-8-7-12(21-9-3-4-10-21)11-16(14)20-17(22)13-5-1-2-6-15(13)19/h1-11H,(H,20,22). The largest absolute Gasteiger partial charge is 0.324 e. The summed E-state index contributed by atoms with van der Waals surface area (Å²) in [6, 6.07) is 15.6. The summed E-state index contributed by atoms with van der Waals surface area (Å²) in [6.07, 6.45) is 3.72. The first-order chi connectivity index (χ1) is 10.6. The topological polar surface area (TPSA) is 34.0 Å². The summed E-state index contributed by atoms with van der Waals surface area (Å²) in [6.45, 7) is 0. The molecule has 22 heavy (non-hydrogen) atoms. The monoisotopic (exact) mass is 406 g/mol. The smallest absolute Gasteiger partial charge is 0.256 e. The number of nitrogens with zero attached hydrogens (tertiary/aromatic N) is 1. The number of halogens is 2. The molecule has 0 saturated heterocycles. The molecule has 110 valence electrons. The van der Waals surface area contributed by atoms with Crippen LogP contribution in [0.2, 0.25) is 0 Å². The lowest BCUT2D eigenvalue weighted by molar-refractivity contribution is 0.102. The number of amides is 1. The van der Waals surface area contributed by atoms with Crippen molar-refractivity contribution in [3.8, 4) is 5.69 Å². The molecule has 1 N–H and O–H groups in total. The Hall–Kier alpha value is -2.15. The Balaban J connectivity index is 1.91. The molecule has 3 rings (SSSR count). The van der Waals surface area contributed by atoms with Crippen molar-refractivity contribution >= 4 is 34.2 Å². The van der Waals surface area contributed by atoms with Gasteiger partial charge < -0.3 is 9.88 Å². The van der Waals surface area contributed by atoms with Gasteiger partial charge in [-0.2, -0.15) is 0 Å². The van der Waals surface area contributed by atoms with Crippen LogP contribution in [0.25, 0.3) is 5.69 Å². The molecule has 0 unspecified atom stereocenters. The van der Waals surface area contributed by atoms with E-state index in [9.17, 15) is 9.18 Å². The third-order valence-corrected chi connectivity index (χ3v) is 4.16. The maximum absolute atomic E-state index is 14.0. The highest BCUT2D eigenvalue weighted by Gasteiger charge is 2.12. The third-order valence-electron chi connectivity index (χ3n) is 3.22. The van der Waals surface area contributed by atoms with E-state index in [0.29, 0.717) is 5.56 Å². The minimum absolute atomic E-state index is 0.163. The number of nitrogens with one attached hydrogen (secondary N) is 1. The Kier molecular flexibility index (Phi) is 4.24. The van der Waals surface area contributed by atoms with Crippen molar-refractivity contribution in [2.24, 2.45) is 0 Å². The molecule has 3 nitrogen and oxygen atoms in total. The molecule has 1 amide bonds. The molecule has 0 aliphatic carbocycles. The lowest BCUT2D eigenvalue weighted by atomic mass is 10.2. The van der Waals surface area contributed by atoms with Gasteiger partial charge in [0.1, 0.15) is 5.82 Å². The van der Waals surface area contributed by atoms with Crippen LogP contribution < -0.4 is 5.32 Å². The van der Waals surface area contributed by atoms with Gasteiger partial charge in [0, 0.05) is 21.7 Å². The van der Waals surface area contributed by atoms with Crippen LogP contribution in [0.3, 0.4) is 0 Å². The number of rotatable bonds is 3. The maximum atomic E-state index is 14.0. The van der Waals surface area contributed by atoms with Crippen molar-refractivity contribution in [1.82, 2.24) is 4.57 Å². The highest BCUT2D eigenvalue weighted by atomic mass is 127. The van der Waals surface area contributed by atoms with Gasteiger partial charge in [-0.3, -0.25) is 4.79 Å². The van der Waals surface area contributed by atoms with Crippen LogP contribution in [0.5, 0.6) is 0 Å². The van der Waals surface area contributed by atoms with Gasteiger partial charge in [-0.25, -0.2) is 4.39 Å². The molecule has 0 atom stereocenters. The molecule has 2 aromatic carbocycles. The summed E-state index contributed by atoms with van der Waals surface area (Å²) >= 11 is 2.08. The van der Waals surface area contributed by atoms with Gasteiger partial charge in [0.25, 0.3) is 5.91 Å². The lowest BCUT2D eigenvalue weighted by Crippen LogP contribution is -2.14. The van der Waals surface area contributed by atoms with Crippen LogP contribution in [-0.4, -0.2) is 10.5 Å². The molecule has 1 heterocycles. The molecule has 0 aliphatic heterocycles. The number of hydrogen-bond donors (Lipinski definition) is 1. The minimum Gasteiger partial charge on any atom is -0.324 e. The number of hydrogen-bond acceptors (Lipinski definition) is 1. The van der Waals surface area contributed by atoms with Crippen molar-refractivity contribution in [1.29, 1.82) is 0 Å². The molecule has 5 heteroatoms. The zero-order valence-electron chi connectivity index (χ0n) is 11.5. The molecular weight excluding hydrogens is 394 g/mol. The fourth-order valence-electron chi connectivity index (χ4n) is 2.11. The number of carbonyl (C=O) groups is 1. The van der Waals surface area contributed by atoms with E-state index in [-0.39, 0.29) is 11.6 Å². The van der Waals surface area contributed by atoms with Crippen molar-refractivity contribution in [3.63, 3.8) is 0 Å². The molecule has 0 aliphatic rings. The zero-order valence-corrected chi connectivity index (χ0v) is 13.6. The highest BCUT2D eigenvalue weighted by Crippen LogP contribution is 2.21. The van der Waals surface area contributed by atoms with Crippen LogP contribution in [0, 0.1) is 9.39 Å². The van der Waals surface area contributed by atoms with E-state index in [4.69, 9.17) is 0 Å². The molecule has 0 fully saturated rings. The molecule has 0 saturated carbocycles. The van der Waals surface area contributed by atoms with Crippen molar-refractivity contribution in [2.45, 2.75) is 0 Å². The number of aromatic nitrogens is 1. The predicted octanol–water partition coefficient (Wildman–Crippen LogP) is 4.47. The van der Waals surface area contributed by atoms with Gasteiger partial charge in [0.2, 0.25) is 0 Å². The summed E-state index contributed by atoms with van der Waals surface area (Å²) in [5.74, 6) is -0.788. The molecule has 1 aromatic heterocycles. The fraction of sp³-hybridized carbons (Fsp3) is 0. The quantitative estimate of drug-likeness (QED) is 0.640. The van der Waals surface area contributed by atoms with Crippen molar-refractivity contribution in [3.05, 3.63) is 81.9 Å². The molecular formula is C17H12FIN2O. The van der Waals surface area contributed by atoms with E-state index in [1.807, 2.05) is 41.2 Å². The third kappa shape index (κ3) is 3.04. The number of anilines is 1. The summed E-state index contributed by atoms with van der Waals surface area (Å²) in [5, 5.41) is 2.64. The van der Waals surface area contributed by atoms with E-state index >= 15 is 0 Å². The molecule has 0 spiro atoms. The second kappa shape index (κ2) is 6.31. The van der Waals surface area contributed by atoms with Gasteiger partial charge in [-0.05, 0) is 65.1 Å². The number of benzene rings is 2. The van der Waals surface area contributed by atoms with E-state index < -0.39 is 5.82 Å². The van der Waals surface area contributed by atoms with Crippen molar-refractivity contribution < 1.29 is 9.18 Å². The summed E-state index contributed by atoms with van der Waals surface area (Å²) in [7, 11) is 0. The molecule has 0 radical (unpaired) electrons. The zero-order chi connectivity index (χ0) is 15.5. The van der Waals surface area contributed by atoms with Crippen molar-refractivity contribution in [2.75, 3.05) is 5.32 Å². The maximum Gasteiger partial charge on any atom is 0.256 e. The predicted molar refractivity (Wildman–Crippen MR) is 92.8 cm³/mol. The van der Waals surface area contributed by atoms with E-state index in [1.54, 1.807) is 24.3 Å². The van der Waals surface area contributed by atoms with Crippen LogP contribution in [-0.2, 0) is 0 Å². The van der Waals surface area contributed by atoms with Gasteiger partial charge in [0.05, 0.1) is 11.3 Å².